The van der Waals surface area contributed by atoms with Crippen molar-refractivity contribution in [1.29, 1.82) is 0 Å². The first-order valence-corrected chi connectivity index (χ1v) is 7.32. The smallest absolute Gasteiger partial charge is 0.00728 e. The fraction of sp³-hybridized carbons (Fsp3) is 1.00. The minimum absolute atomic E-state index is 0.957. The minimum atomic E-state index is 0.957. The summed E-state index contributed by atoms with van der Waals surface area (Å²) in [4.78, 5) is 2.67. The Labute approximate surface area is 93.6 Å². The second kappa shape index (κ2) is 7.58. The summed E-state index contributed by atoms with van der Waals surface area (Å²) in [6, 6.07) is 0. The molecule has 0 aromatic heterocycles. The molecule has 84 valence electrons. The molecule has 0 N–H and O–H groups in total. The zero-order valence-electron chi connectivity index (χ0n) is 9.80. The SMILES string of the molecule is CCCCC(CC)CN1CCSCC1. The molecule has 0 saturated carbocycles. The maximum Gasteiger partial charge on any atom is 0.00728 e. The summed E-state index contributed by atoms with van der Waals surface area (Å²) in [7, 11) is 0. The van der Waals surface area contributed by atoms with E-state index in [-0.39, 0.29) is 0 Å². The molecule has 14 heavy (non-hydrogen) atoms. The fourth-order valence-corrected chi connectivity index (χ4v) is 3.04. The van der Waals surface area contributed by atoms with Crippen molar-refractivity contribution in [2.24, 2.45) is 5.92 Å². The van der Waals surface area contributed by atoms with Crippen LogP contribution in [0.25, 0.3) is 0 Å². The number of unbranched alkanes of at least 4 members (excludes halogenated alkanes) is 1. The van der Waals surface area contributed by atoms with Crippen LogP contribution in [0.1, 0.15) is 39.5 Å². The Morgan fingerprint density at radius 2 is 1.93 bits per heavy atom. The molecule has 0 radical (unpaired) electrons. The summed E-state index contributed by atoms with van der Waals surface area (Å²) in [6.45, 7) is 8.65. The van der Waals surface area contributed by atoms with Gasteiger partial charge in [0.25, 0.3) is 0 Å². The maximum atomic E-state index is 2.67. The van der Waals surface area contributed by atoms with Crippen LogP contribution in [0, 0.1) is 5.92 Å². The molecule has 1 heterocycles. The van der Waals surface area contributed by atoms with E-state index in [0.29, 0.717) is 0 Å². The Balaban J connectivity index is 2.16. The average Bonchev–Trinajstić information content (AvgIpc) is 2.25. The van der Waals surface area contributed by atoms with E-state index in [1.54, 1.807) is 0 Å². The highest BCUT2D eigenvalue weighted by atomic mass is 32.2. The molecule has 0 aromatic carbocycles. The third-order valence-corrected chi connectivity index (χ3v) is 4.11. The van der Waals surface area contributed by atoms with E-state index in [2.05, 4.69) is 30.5 Å². The van der Waals surface area contributed by atoms with Gasteiger partial charge in [0, 0.05) is 31.1 Å². The normalized spacial score (nSPS) is 21.0. The van der Waals surface area contributed by atoms with Crippen molar-refractivity contribution in [3.63, 3.8) is 0 Å². The van der Waals surface area contributed by atoms with E-state index < -0.39 is 0 Å². The van der Waals surface area contributed by atoms with Gasteiger partial charge in [-0.05, 0) is 12.3 Å². The standard InChI is InChI=1S/C12H25NS/c1-3-5-6-12(4-2)11-13-7-9-14-10-8-13/h12H,3-11H2,1-2H3. The van der Waals surface area contributed by atoms with Crippen LogP contribution in [0.3, 0.4) is 0 Å². The molecule has 1 saturated heterocycles. The van der Waals surface area contributed by atoms with Crippen LogP contribution in [0.5, 0.6) is 0 Å². The highest BCUT2D eigenvalue weighted by Crippen LogP contribution is 2.17. The number of hydrogen-bond donors (Lipinski definition) is 0. The third kappa shape index (κ3) is 4.70. The minimum Gasteiger partial charge on any atom is -0.301 e. The molecule has 1 rings (SSSR count). The van der Waals surface area contributed by atoms with Crippen molar-refractivity contribution in [1.82, 2.24) is 4.90 Å². The van der Waals surface area contributed by atoms with E-state index >= 15 is 0 Å². The fourth-order valence-electron chi connectivity index (χ4n) is 2.07. The molecule has 1 atom stereocenters. The molecule has 0 bridgehead atoms. The zero-order valence-corrected chi connectivity index (χ0v) is 10.6. The summed E-state index contributed by atoms with van der Waals surface area (Å²) >= 11 is 2.11. The van der Waals surface area contributed by atoms with E-state index in [1.807, 2.05) is 0 Å². The third-order valence-electron chi connectivity index (χ3n) is 3.16. The molecule has 1 unspecified atom stereocenters. The lowest BCUT2D eigenvalue weighted by molar-refractivity contribution is 0.237. The van der Waals surface area contributed by atoms with Gasteiger partial charge in [0.15, 0.2) is 0 Å². The number of thioether (sulfide) groups is 1. The highest BCUT2D eigenvalue weighted by Gasteiger charge is 2.14. The Kier molecular flexibility index (Phi) is 6.70. The highest BCUT2D eigenvalue weighted by molar-refractivity contribution is 7.99. The van der Waals surface area contributed by atoms with Gasteiger partial charge in [0.2, 0.25) is 0 Å². The van der Waals surface area contributed by atoms with Crippen molar-refractivity contribution in [2.75, 3.05) is 31.1 Å². The van der Waals surface area contributed by atoms with Gasteiger partial charge in [-0.1, -0.05) is 33.1 Å². The summed E-state index contributed by atoms with van der Waals surface area (Å²) in [5.74, 6) is 3.66. The van der Waals surface area contributed by atoms with Crippen molar-refractivity contribution in [3.05, 3.63) is 0 Å². The number of nitrogens with zero attached hydrogens (tertiary/aromatic N) is 1. The first kappa shape index (κ1) is 12.4. The molecule has 0 aromatic rings. The summed E-state index contributed by atoms with van der Waals surface area (Å²) < 4.78 is 0. The molecule has 0 amide bonds. The second-order valence-corrected chi connectivity index (χ2v) is 5.55. The van der Waals surface area contributed by atoms with Crippen LogP contribution in [-0.2, 0) is 0 Å². The quantitative estimate of drug-likeness (QED) is 0.669. The largest absolute Gasteiger partial charge is 0.301 e. The Morgan fingerprint density at radius 3 is 2.50 bits per heavy atom. The monoisotopic (exact) mass is 215 g/mol. The Hall–Kier alpha value is 0.310. The van der Waals surface area contributed by atoms with E-state index in [1.165, 1.54) is 56.8 Å². The number of hydrogen-bond acceptors (Lipinski definition) is 2. The molecule has 1 aliphatic rings. The van der Waals surface area contributed by atoms with Crippen molar-refractivity contribution < 1.29 is 0 Å². The lowest BCUT2D eigenvalue weighted by atomic mass is 9.99. The molecule has 0 aliphatic carbocycles. The van der Waals surface area contributed by atoms with Gasteiger partial charge in [0.05, 0.1) is 0 Å². The van der Waals surface area contributed by atoms with Crippen molar-refractivity contribution >= 4 is 11.8 Å². The second-order valence-electron chi connectivity index (χ2n) is 4.33. The van der Waals surface area contributed by atoms with Crippen LogP contribution < -0.4 is 0 Å². The molecule has 1 fully saturated rings. The maximum absolute atomic E-state index is 2.67. The number of rotatable bonds is 6. The van der Waals surface area contributed by atoms with E-state index in [4.69, 9.17) is 0 Å². The van der Waals surface area contributed by atoms with Crippen LogP contribution in [-0.4, -0.2) is 36.0 Å². The predicted molar refractivity (Wildman–Crippen MR) is 67.1 cm³/mol. The molecular weight excluding hydrogens is 190 g/mol. The Morgan fingerprint density at radius 1 is 1.21 bits per heavy atom. The van der Waals surface area contributed by atoms with Crippen LogP contribution in [0.2, 0.25) is 0 Å². The molecule has 2 heteroatoms. The van der Waals surface area contributed by atoms with Crippen LogP contribution in [0.15, 0.2) is 0 Å². The van der Waals surface area contributed by atoms with Gasteiger partial charge >= 0.3 is 0 Å². The molecule has 0 spiro atoms. The summed E-state index contributed by atoms with van der Waals surface area (Å²) in [5.41, 5.74) is 0. The van der Waals surface area contributed by atoms with Gasteiger partial charge in [0.1, 0.15) is 0 Å². The van der Waals surface area contributed by atoms with Gasteiger partial charge in [-0.2, -0.15) is 11.8 Å². The van der Waals surface area contributed by atoms with E-state index in [9.17, 15) is 0 Å². The lowest BCUT2D eigenvalue weighted by Crippen LogP contribution is -2.36. The topological polar surface area (TPSA) is 3.24 Å². The van der Waals surface area contributed by atoms with Gasteiger partial charge in [-0.25, -0.2) is 0 Å². The van der Waals surface area contributed by atoms with Crippen LogP contribution >= 0.6 is 11.8 Å². The predicted octanol–water partition coefficient (Wildman–Crippen LogP) is 3.25. The van der Waals surface area contributed by atoms with Crippen LogP contribution in [0.4, 0.5) is 0 Å². The molecule has 1 nitrogen and oxygen atoms in total. The van der Waals surface area contributed by atoms with Gasteiger partial charge in [-0.15, -0.1) is 0 Å². The van der Waals surface area contributed by atoms with Crippen molar-refractivity contribution in [3.8, 4) is 0 Å². The van der Waals surface area contributed by atoms with E-state index in [0.717, 1.165) is 5.92 Å². The Bertz CT molecular complexity index is 132. The lowest BCUT2D eigenvalue weighted by Gasteiger charge is -2.29. The first-order chi connectivity index (χ1) is 6.86. The first-order valence-electron chi connectivity index (χ1n) is 6.16. The summed E-state index contributed by atoms with van der Waals surface area (Å²) in [6.07, 6.45) is 5.58. The molecular formula is C12H25NS. The van der Waals surface area contributed by atoms with Gasteiger partial charge in [-0.3, -0.25) is 0 Å². The molecule has 1 aliphatic heterocycles. The van der Waals surface area contributed by atoms with Gasteiger partial charge < -0.3 is 4.90 Å². The average molecular weight is 215 g/mol. The van der Waals surface area contributed by atoms with Crippen molar-refractivity contribution in [2.45, 2.75) is 39.5 Å². The zero-order chi connectivity index (χ0) is 10.2. The summed E-state index contributed by atoms with van der Waals surface area (Å²) in [5, 5.41) is 0.